The summed E-state index contributed by atoms with van der Waals surface area (Å²) < 4.78 is 36.7. The first-order valence-corrected chi connectivity index (χ1v) is 13.9. The molecule has 0 spiro atoms. The number of piperazine rings is 1. The van der Waals surface area contributed by atoms with Crippen molar-refractivity contribution in [2.75, 3.05) is 50.0 Å². The molecule has 2 aliphatic heterocycles. The van der Waals surface area contributed by atoms with E-state index in [2.05, 4.69) is 11.6 Å². The van der Waals surface area contributed by atoms with Gasteiger partial charge < -0.3 is 20.3 Å². The van der Waals surface area contributed by atoms with Crippen LogP contribution in [0.25, 0.3) is 22.0 Å². The minimum atomic E-state index is -0.845. The topological polar surface area (TPSA) is 93.7 Å². The van der Waals surface area contributed by atoms with Crippen molar-refractivity contribution in [1.82, 2.24) is 14.5 Å². The van der Waals surface area contributed by atoms with Crippen LogP contribution in [0.3, 0.4) is 0 Å². The lowest BCUT2D eigenvalue weighted by molar-refractivity contribution is -0.126. The highest BCUT2D eigenvalue weighted by Gasteiger charge is 2.30. The Morgan fingerprint density at radius 1 is 1.26 bits per heavy atom. The van der Waals surface area contributed by atoms with Crippen LogP contribution in [0.5, 0.6) is 0 Å². The van der Waals surface area contributed by atoms with Crippen molar-refractivity contribution in [3.05, 3.63) is 63.6 Å². The number of benzene rings is 2. The van der Waals surface area contributed by atoms with Crippen molar-refractivity contribution in [1.29, 1.82) is 0 Å². The second-order valence-corrected chi connectivity index (χ2v) is 10.9. The Bertz CT molecular complexity index is 1520. The van der Waals surface area contributed by atoms with Crippen LogP contribution in [0.1, 0.15) is 5.56 Å². The van der Waals surface area contributed by atoms with E-state index in [1.54, 1.807) is 9.47 Å². The van der Waals surface area contributed by atoms with Crippen LogP contribution in [0.4, 0.5) is 14.6 Å². The molecule has 1 amide bonds. The molecule has 5 rings (SSSR count). The SMILES string of the molecule is C=CC(=O)N1CCN(c2nc(=O)n3c4c(c(-c5cc(Cl)c(F)cc5F)c(C)cc24)SCC(OCCN)C3)CC1. The lowest BCUT2D eigenvalue weighted by Gasteiger charge is -2.35. The number of rotatable bonds is 6. The van der Waals surface area contributed by atoms with E-state index >= 15 is 4.39 Å². The third-order valence-corrected chi connectivity index (χ3v) is 8.53. The van der Waals surface area contributed by atoms with Crippen molar-refractivity contribution in [3.8, 4) is 11.1 Å². The van der Waals surface area contributed by atoms with Crippen LogP contribution in [-0.4, -0.2) is 71.5 Å². The van der Waals surface area contributed by atoms with E-state index in [4.69, 9.17) is 22.1 Å². The molecule has 206 valence electrons. The summed E-state index contributed by atoms with van der Waals surface area (Å²) in [5.41, 5.74) is 7.21. The number of nitrogens with zero attached hydrogens (tertiary/aromatic N) is 4. The Morgan fingerprint density at radius 2 is 2.00 bits per heavy atom. The molecule has 3 aromatic rings. The molecule has 3 heterocycles. The molecule has 0 radical (unpaired) electrons. The fourth-order valence-electron chi connectivity index (χ4n) is 5.16. The molecule has 1 saturated heterocycles. The number of thioether (sulfide) groups is 1. The number of amides is 1. The maximum absolute atomic E-state index is 15.2. The second-order valence-electron chi connectivity index (χ2n) is 9.48. The van der Waals surface area contributed by atoms with Gasteiger partial charge in [0.15, 0.2) is 0 Å². The van der Waals surface area contributed by atoms with Gasteiger partial charge in [-0.1, -0.05) is 18.2 Å². The van der Waals surface area contributed by atoms with Crippen LogP contribution >= 0.6 is 23.4 Å². The van der Waals surface area contributed by atoms with Crippen molar-refractivity contribution < 1.29 is 18.3 Å². The quantitative estimate of drug-likeness (QED) is 0.355. The molecule has 2 aromatic carbocycles. The van der Waals surface area contributed by atoms with E-state index < -0.39 is 17.3 Å². The van der Waals surface area contributed by atoms with Gasteiger partial charge in [0.25, 0.3) is 0 Å². The highest BCUT2D eigenvalue weighted by atomic mass is 35.5. The maximum atomic E-state index is 15.2. The van der Waals surface area contributed by atoms with Crippen LogP contribution in [0.2, 0.25) is 5.02 Å². The van der Waals surface area contributed by atoms with Gasteiger partial charge in [-0.25, -0.2) is 13.6 Å². The summed E-state index contributed by atoms with van der Waals surface area (Å²) in [6, 6.07) is 3.94. The third kappa shape index (κ3) is 5.16. The second kappa shape index (κ2) is 11.2. The van der Waals surface area contributed by atoms with E-state index in [0.717, 1.165) is 17.0 Å². The molecule has 0 saturated carbocycles. The molecule has 12 heteroatoms. The normalized spacial score (nSPS) is 17.4. The molecular weight excluding hydrogens is 548 g/mol. The lowest BCUT2D eigenvalue weighted by Crippen LogP contribution is -2.49. The van der Waals surface area contributed by atoms with Gasteiger partial charge in [-0.2, -0.15) is 4.98 Å². The zero-order valence-electron chi connectivity index (χ0n) is 21.4. The highest BCUT2D eigenvalue weighted by Crippen LogP contribution is 2.45. The van der Waals surface area contributed by atoms with Crippen molar-refractivity contribution in [2.24, 2.45) is 5.73 Å². The summed E-state index contributed by atoms with van der Waals surface area (Å²) in [5, 5.41) is 0.538. The largest absolute Gasteiger partial charge is 0.374 e. The molecule has 0 bridgehead atoms. The highest BCUT2D eigenvalue weighted by molar-refractivity contribution is 7.99. The van der Waals surface area contributed by atoms with E-state index in [1.165, 1.54) is 23.9 Å². The van der Waals surface area contributed by atoms with E-state index in [0.29, 0.717) is 66.9 Å². The molecule has 2 N–H and O–H groups in total. The summed E-state index contributed by atoms with van der Waals surface area (Å²) in [4.78, 5) is 34.4. The first-order chi connectivity index (χ1) is 18.7. The maximum Gasteiger partial charge on any atom is 0.350 e. The van der Waals surface area contributed by atoms with Crippen molar-refractivity contribution in [2.45, 2.75) is 24.5 Å². The summed E-state index contributed by atoms with van der Waals surface area (Å²) in [7, 11) is 0. The number of carbonyl (C=O) groups is 1. The smallest absolute Gasteiger partial charge is 0.350 e. The first kappa shape index (κ1) is 27.6. The summed E-state index contributed by atoms with van der Waals surface area (Å²) in [6.07, 6.45) is 0.959. The average Bonchev–Trinajstić information content (AvgIpc) is 3.12. The van der Waals surface area contributed by atoms with Gasteiger partial charge in [-0.15, -0.1) is 11.8 Å². The number of hydrogen-bond acceptors (Lipinski definition) is 7. The Balaban J connectivity index is 1.71. The third-order valence-electron chi connectivity index (χ3n) is 7.01. The molecule has 8 nitrogen and oxygen atoms in total. The average molecular weight is 576 g/mol. The van der Waals surface area contributed by atoms with E-state index in [1.807, 2.05) is 17.9 Å². The monoisotopic (exact) mass is 575 g/mol. The molecule has 1 atom stereocenters. The Kier molecular flexibility index (Phi) is 7.95. The molecular formula is C27H28ClF2N5O3S. The minimum Gasteiger partial charge on any atom is -0.374 e. The zero-order valence-corrected chi connectivity index (χ0v) is 23.0. The predicted octanol–water partition coefficient (Wildman–Crippen LogP) is 3.59. The molecule has 0 aliphatic carbocycles. The summed E-state index contributed by atoms with van der Waals surface area (Å²) in [5.74, 6) is -0.741. The van der Waals surface area contributed by atoms with Crippen LogP contribution in [-0.2, 0) is 16.1 Å². The standard InChI is InChI=1S/C27H28ClF2N5O3S/c1-3-22(36)33-5-7-34(8-6-33)26-18-10-15(2)23(17-11-19(28)21(30)12-20(17)29)25-24(18)35(27(37)32-26)13-16(14-39-25)38-9-4-31/h3,10-12,16H,1,4-9,13-14,31H2,2H3. The van der Waals surface area contributed by atoms with E-state index in [9.17, 15) is 14.0 Å². The minimum absolute atomic E-state index is 0.142. The van der Waals surface area contributed by atoms with Crippen LogP contribution in [0.15, 0.2) is 40.5 Å². The van der Waals surface area contributed by atoms with Gasteiger partial charge >= 0.3 is 5.69 Å². The van der Waals surface area contributed by atoms with Crippen molar-refractivity contribution >= 4 is 46.0 Å². The molecule has 1 unspecified atom stereocenters. The number of nitrogens with two attached hydrogens (primary N) is 1. The Morgan fingerprint density at radius 3 is 2.69 bits per heavy atom. The first-order valence-electron chi connectivity index (χ1n) is 12.6. The van der Waals surface area contributed by atoms with Gasteiger partial charge in [-0.05, 0) is 30.7 Å². The number of aryl methyl sites for hydroxylation is 1. The number of anilines is 1. The number of aromatic nitrogens is 2. The Hall–Kier alpha value is -2.99. The number of ether oxygens (including phenoxy) is 1. The van der Waals surface area contributed by atoms with Crippen LogP contribution < -0.4 is 16.3 Å². The lowest BCUT2D eigenvalue weighted by atomic mass is 9.97. The zero-order chi connectivity index (χ0) is 27.8. The number of halogens is 3. The predicted molar refractivity (Wildman–Crippen MR) is 150 cm³/mol. The van der Waals surface area contributed by atoms with Crippen molar-refractivity contribution in [3.63, 3.8) is 0 Å². The van der Waals surface area contributed by atoms with Gasteiger partial charge in [0, 0.05) is 66.0 Å². The Labute approximate surface area is 233 Å². The molecule has 39 heavy (non-hydrogen) atoms. The number of hydrogen-bond donors (Lipinski definition) is 1. The fraction of sp³-hybridized carbons (Fsp3) is 0.370. The number of carbonyl (C=O) groups excluding carboxylic acids is 1. The van der Waals surface area contributed by atoms with Gasteiger partial charge in [0.05, 0.1) is 29.8 Å². The van der Waals surface area contributed by atoms with E-state index in [-0.39, 0.29) is 29.1 Å². The molecule has 1 fully saturated rings. The van der Waals surface area contributed by atoms with Crippen LogP contribution in [0, 0.1) is 18.6 Å². The molecule has 2 aliphatic rings. The van der Waals surface area contributed by atoms with Gasteiger partial charge in [0.2, 0.25) is 5.91 Å². The summed E-state index contributed by atoms with van der Waals surface area (Å²) in [6.45, 7) is 8.20. The van der Waals surface area contributed by atoms with Gasteiger partial charge in [-0.3, -0.25) is 9.36 Å². The summed E-state index contributed by atoms with van der Waals surface area (Å²) >= 11 is 7.52. The molecule has 1 aromatic heterocycles. The van der Waals surface area contributed by atoms with Gasteiger partial charge in [0.1, 0.15) is 17.5 Å². The fourth-order valence-corrected chi connectivity index (χ4v) is 6.65.